The van der Waals surface area contributed by atoms with Crippen LogP contribution in [-0.4, -0.2) is 29.1 Å². The largest absolute Gasteiger partial charge is 0.481 e. The Morgan fingerprint density at radius 1 is 1.30 bits per heavy atom. The second-order valence-corrected chi connectivity index (χ2v) is 5.85. The van der Waals surface area contributed by atoms with E-state index in [1.165, 1.54) is 11.1 Å². The van der Waals surface area contributed by atoms with E-state index < -0.39 is 5.97 Å². The Hall–Kier alpha value is -1.35. The molecule has 2 rings (SSSR count). The van der Waals surface area contributed by atoms with E-state index in [0.717, 1.165) is 32.4 Å². The monoisotopic (exact) mass is 275 g/mol. The van der Waals surface area contributed by atoms with E-state index in [2.05, 4.69) is 43.0 Å². The van der Waals surface area contributed by atoms with Gasteiger partial charge in [0.1, 0.15) is 0 Å². The molecule has 1 N–H and O–H groups in total. The smallest absolute Gasteiger partial charge is 0.303 e. The van der Waals surface area contributed by atoms with E-state index in [1.807, 2.05) is 0 Å². The molecule has 0 aromatic heterocycles. The zero-order valence-electron chi connectivity index (χ0n) is 12.5. The van der Waals surface area contributed by atoms with Crippen LogP contribution in [-0.2, 0) is 11.2 Å². The van der Waals surface area contributed by atoms with Crippen LogP contribution in [0.2, 0.25) is 0 Å². The molecule has 3 heteroatoms. The Morgan fingerprint density at radius 2 is 1.90 bits per heavy atom. The molecular weight excluding hydrogens is 250 g/mol. The second-order valence-electron chi connectivity index (χ2n) is 5.85. The molecule has 1 aromatic rings. The van der Waals surface area contributed by atoms with Crippen molar-refractivity contribution in [1.29, 1.82) is 0 Å². The minimum Gasteiger partial charge on any atom is -0.481 e. The fraction of sp³-hybridized carbons (Fsp3) is 0.588. The maximum absolute atomic E-state index is 10.8. The van der Waals surface area contributed by atoms with Crippen LogP contribution < -0.4 is 0 Å². The molecule has 1 atom stereocenters. The first kappa shape index (κ1) is 15.0. The van der Waals surface area contributed by atoms with Crippen molar-refractivity contribution in [2.75, 3.05) is 13.1 Å². The van der Waals surface area contributed by atoms with Crippen molar-refractivity contribution in [2.45, 2.75) is 45.6 Å². The summed E-state index contributed by atoms with van der Waals surface area (Å²) in [5.74, 6) is -0.301. The molecule has 1 heterocycles. The lowest BCUT2D eigenvalue weighted by Gasteiger charge is -2.36. The predicted molar refractivity (Wildman–Crippen MR) is 80.8 cm³/mol. The molecule has 110 valence electrons. The minimum absolute atomic E-state index is 0.327. The van der Waals surface area contributed by atoms with Crippen molar-refractivity contribution in [3.63, 3.8) is 0 Å². The third-order valence-electron chi connectivity index (χ3n) is 4.53. The summed E-state index contributed by atoms with van der Waals surface area (Å²) in [5.41, 5.74) is 2.74. The summed E-state index contributed by atoms with van der Waals surface area (Å²) in [4.78, 5) is 13.2. The summed E-state index contributed by atoms with van der Waals surface area (Å²) in [6.45, 7) is 6.44. The summed E-state index contributed by atoms with van der Waals surface area (Å²) in [6, 6.07) is 9.30. The maximum Gasteiger partial charge on any atom is 0.303 e. The summed E-state index contributed by atoms with van der Waals surface area (Å²) >= 11 is 0. The van der Waals surface area contributed by atoms with E-state index in [4.69, 9.17) is 5.11 Å². The predicted octanol–water partition coefficient (Wildman–Crippen LogP) is 3.50. The van der Waals surface area contributed by atoms with Crippen molar-refractivity contribution in [1.82, 2.24) is 4.90 Å². The molecule has 0 aliphatic carbocycles. The van der Waals surface area contributed by atoms with Gasteiger partial charge in [0.15, 0.2) is 0 Å². The zero-order valence-corrected chi connectivity index (χ0v) is 12.5. The van der Waals surface area contributed by atoms with E-state index in [9.17, 15) is 4.79 Å². The van der Waals surface area contributed by atoms with E-state index in [1.54, 1.807) is 0 Å². The molecule has 0 radical (unpaired) electrons. The summed E-state index contributed by atoms with van der Waals surface area (Å²) in [6.07, 6.45) is 3.41. The van der Waals surface area contributed by atoms with Gasteiger partial charge in [0, 0.05) is 12.5 Å². The first-order valence-electron chi connectivity index (χ1n) is 7.64. The standard InChI is InChI=1S/C17H25NO2/c1-3-14-4-6-16(7-5-14)13(2)18-10-8-15(9-11-18)12-17(19)20/h4-7,13,15H,3,8-12H2,1-2H3,(H,19,20). The van der Waals surface area contributed by atoms with Gasteiger partial charge in [-0.05, 0) is 56.3 Å². The lowest BCUT2D eigenvalue weighted by atomic mass is 9.92. The van der Waals surface area contributed by atoms with E-state index >= 15 is 0 Å². The number of carboxylic acid groups (broad SMARTS) is 1. The lowest BCUT2D eigenvalue weighted by molar-refractivity contribution is -0.138. The van der Waals surface area contributed by atoms with Crippen LogP contribution >= 0.6 is 0 Å². The highest BCUT2D eigenvalue weighted by Crippen LogP contribution is 2.28. The third kappa shape index (κ3) is 3.83. The highest BCUT2D eigenvalue weighted by molar-refractivity contribution is 5.67. The highest BCUT2D eigenvalue weighted by atomic mass is 16.4. The number of likely N-dealkylation sites (tertiary alicyclic amines) is 1. The number of rotatable bonds is 5. The Bertz CT molecular complexity index is 433. The molecule has 1 saturated heterocycles. The number of nitrogens with zero attached hydrogens (tertiary/aromatic N) is 1. The Kier molecular flexibility index (Phi) is 5.18. The number of aryl methyl sites for hydroxylation is 1. The van der Waals surface area contributed by atoms with Crippen LogP contribution in [0.3, 0.4) is 0 Å². The number of piperidine rings is 1. The van der Waals surface area contributed by atoms with Crippen molar-refractivity contribution in [3.05, 3.63) is 35.4 Å². The van der Waals surface area contributed by atoms with Gasteiger partial charge in [-0.1, -0.05) is 31.2 Å². The third-order valence-corrected chi connectivity index (χ3v) is 4.53. The highest BCUT2D eigenvalue weighted by Gasteiger charge is 2.24. The number of carbonyl (C=O) groups is 1. The average molecular weight is 275 g/mol. The van der Waals surface area contributed by atoms with Gasteiger partial charge in [-0.15, -0.1) is 0 Å². The molecule has 1 aliphatic heterocycles. The first-order valence-corrected chi connectivity index (χ1v) is 7.64. The molecule has 0 amide bonds. The second kappa shape index (κ2) is 6.89. The molecule has 1 unspecified atom stereocenters. The minimum atomic E-state index is -0.661. The Balaban J connectivity index is 1.90. The van der Waals surface area contributed by atoms with Crippen LogP contribution in [0.5, 0.6) is 0 Å². The maximum atomic E-state index is 10.8. The van der Waals surface area contributed by atoms with Gasteiger partial charge in [-0.2, -0.15) is 0 Å². The topological polar surface area (TPSA) is 40.5 Å². The number of aliphatic carboxylic acids is 1. The molecule has 1 aliphatic rings. The average Bonchev–Trinajstić information content (AvgIpc) is 2.47. The van der Waals surface area contributed by atoms with Gasteiger partial charge in [0.25, 0.3) is 0 Å². The normalized spacial score (nSPS) is 18.9. The van der Waals surface area contributed by atoms with E-state index in [-0.39, 0.29) is 0 Å². The summed E-state index contributed by atoms with van der Waals surface area (Å²) in [7, 11) is 0. The fourth-order valence-electron chi connectivity index (χ4n) is 3.03. The van der Waals surface area contributed by atoms with Gasteiger partial charge < -0.3 is 5.11 Å². The lowest BCUT2D eigenvalue weighted by Crippen LogP contribution is -2.36. The Labute approximate surface area is 121 Å². The number of carboxylic acids is 1. The van der Waals surface area contributed by atoms with Gasteiger partial charge in [0.2, 0.25) is 0 Å². The number of hydrogen-bond acceptors (Lipinski definition) is 2. The molecule has 1 aromatic carbocycles. The van der Waals surface area contributed by atoms with Crippen molar-refractivity contribution < 1.29 is 9.90 Å². The molecule has 20 heavy (non-hydrogen) atoms. The Morgan fingerprint density at radius 3 is 2.40 bits per heavy atom. The van der Waals surface area contributed by atoms with Gasteiger partial charge in [0.05, 0.1) is 0 Å². The van der Waals surface area contributed by atoms with Crippen LogP contribution in [0.15, 0.2) is 24.3 Å². The first-order chi connectivity index (χ1) is 9.60. The van der Waals surface area contributed by atoms with Gasteiger partial charge in [-0.3, -0.25) is 9.69 Å². The van der Waals surface area contributed by atoms with Crippen LogP contribution in [0.25, 0.3) is 0 Å². The van der Waals surface area contributed by atoms with Crippen LogP contribution in [0.1, 0.15) is 50.3 Å². The molecule has 0 spiro atoms. The van der Waals surface area contributed by atoms with Crippen molar-refractivity contribution >= 4 is 5.97 Å². The van der Waals surface area contributed by atoms with Gasteiger partial charge >= 0.3 is 5.97 Å². The SMILES string of the molecule is CCc1ccc(C(C)N2CCC(CC(=O)O)CC2)cc1. The fourth-order valence-corrected chi connectivity index (χ4v) is 3.03. The number of hydrogen-bond donors (Lipinski definition) is 1. The van der Waals surface area contributed by atoms with Crippen LogP contribution in [0, 0.1) is 5.92 Å². The van der Waals surface area contributed by atoms with E-state index in [0.29, 0.717) is 18.4 Å². The van der Waals surface area contributed by atoms with Gasteiger partial charge in [-0.25, -0.2) is 0 Å². The summed E-state index contributed by atoms with van der Waals surface area (Å²) < 4.78 is 0. The quantitative estimate of drug-likeness (QED) is 0.894. The summed E-state index contributed by atoms with van der Waals surface area (Å²) in [5, 5.41) is 8.85. The zero-order chi connectivity index (χ0) is 14.5. The van der Waals surface area contributed by atoms with Crippen LogP contribution in [0.4, 0.5) is 0 Å². The molecule has 0 saturated carbocycles. The molecule has 1 fully saturated rings. The molecule has 3 nitrogen and oxygen atoms in total. The molecular formula is C17H25NO2. The molecule has 0 bridgehead atoms. The van der Waals surface area contributed by atoms with Crippen molar-refractivity contribution in [2.24, 2.45) is 5.92 Å². The number of benzene rings is 1. The van der Waals surface area contributed by atoms with Crippen molar-refractivity contribution in [3.8, 4) is 0 Å².